The zero-order valence-corrected chi connectivity index (χ0v) is 12.5. The van der Waals surface area contributed by atoms with Crippen molar-refractivity contribution in [3.8, 4) is 5.69 Å². The fourth-order valence-corrected chi connectivity index (χ4v) is 2.79. The zero-order valence-electron chi connectivity index (χ0n) is 12.5. The maximum atomic E-state index is 12.7. The van der Waals surface area contributed by atoms with Crippen molar-refractivity contribution in [2.24, 2.45) is 0 Å². The number of hydrogen-bond donors (Lipinski definition) is 0. The summed E-state index contributed by atoms with van der Waals surface area (Å²) < 4.78 is 0. The summed E-state index contributed by atoms with van der Waals surface area (Å²) in [4.78, 5) is 16.2. The number of carbonyl (C=O) groups excluding carboxylic acids is 1. The Hall–Kier alpha value is -2.17. The second-order valence-electron chi connectivity index (χ2n) is 5.60. The topological polar surface area (TPSA) is 51.0 Å². The molecule has 1 saturated heterocycles. The van der Waals surface area contributed by atoms with E-state index in [2.05, 4.69) is 17.1 Å². The van der Waals surface area contributed by atoms with E-state index in [1.807, 2.05) is 42.2 Å². The van der Waals surface area contributed by atoms with Gasteiger partial charge in [-0.2, -0.15) is 9.90 Å². The number of hydrogen-bond acceptors (Lipinski definition) is 3. The molecule has 0 saturated carbocycles. The SMILES string of the molecule is Cc1nn(-c2ccccc2)nc1C(=O)N1CCCC[C@@H]1C. The van der Waals surface area contributed by atoms with E-state index in [-0.39, 0.29) is 11.9 Å². The second-order valence-corrected chi connectivity index (χ2v) is 5.60. The molecule has 5 nitrogen and oxygen atoms in total. The lowest BCUT2D eigenvalue weighted by molar-refractivity contribution is 0.0628. The maximum Gasteiger partial charge on any atom is 0.276 e. The normalized spacial score (nSPS) is 18.8. The van der Waals surface area contributed by atoms with E-state index >= 15 is 0 Å². The van der Waals surface area contributed by atoms with E-state index in [0.717, 1.165) is 25.1 Å². The Morgan fingerprint density at radius 1 is 1.19 bits per heavy atom. The fraction of sp³-hybridized carbons (Fsp3) is 0.438. The summed E-state index contributed by atoms with van der Waals surface area (Å²) in [6, 6.07) is 9.95. The molecule has 1 fully saturated rings. The van der Waals surface area contributed by atoms with Crippen molar-refractivity contribution >= 4 is 5.91 Å². The highest BCUT2D eigenvalue weighted by Crippen LogP contribution is 2.19. The fourth-order valence-electron chi connectivity index (χ4n) is 2.79. The van der Waals surface area contributed by atoms with Gasteiger partial charge < -0.3 is 4.90 Å². The molecule has 21 heavy (non-hydrogen) atoms. The van der Waals surface area contributed by atoms with Gasteiger partial charge in [0, 0.05) is 12.6 Å². The molecule has 0 aliphatic carbocycles. The van der Waals surface area contributed by atoms with Crippen LogP contribution in [-0.2, 0) is 0 Å². The zero-order chi connectivity index (χ0) is 14.8. The first-order valence-corrected chi connectivity index (χ1v) is 7.47. The van der Waals surface area contributed by atoms with Gasteiger partial charge in [0.2, 0.25) is 0 Å². The van der Waals surface area contributed by atoms with Crippen molar-refractivity contribution in [2.75, 3.05) is 6.54 Å². The van der Waals surface area contributed by atoms with Gasteiger partial charge in [-0.1, -0.05) is 18.2 Å². The van der Waals surface area contributed by atoms with Crippen LogP contribution in [0.3, 0.4) is 0 Å². The van der Waals surface area contributed by atoms with Gasteiger partial charge >= 0.3 is 0 Å². The predicted octanol–water partition coefficient (Wildman–Crippen LogP) is 2.59. The van der Waals surface area contributed by atoms with Crippen LogP contribution in [0.15, 0.2) is 30.3 Å². The average molecular weight is 284 g/mol. The van der Waals surface area contributed by atoms with E-state index in [9.17, 15) is 4.79 Å². The molecule has 1 aliphatic rings. The first-order chi connectivity index (χ1) is 10.2. The molecule has 5 heteroatoms. The van der Waals surface area contributed by atoms with E-state index in [1.165, 1.54) is 11.2 Å². The van der Waals surface area contributed by atoms with Crippen LogP contribution in [0, 0.1) is 6.92 Å². The Morgan fingerprint density at radius 3 is 2.67 bits per heavy atom. The average Bonchev–Trinajstić information content (AvgIpc) is 2.90. The molecule has 2 aromatic rings. The molecular weight excluding hydrogens is 264 g/mol. The van der Waals surface area contributed by atoms with Crippen LogP contribution in [0.5, 0.6) is 0 Å². The van der Waals surface area contributed by atoms with Crippen molar-refractivity contribution in [1.82, 2.24) is 19.9 Å². The third-order valence-electron chi connectivity index (χ3n) is 4.04. The van der Waals surface area contributed by atoms with Crippen LogP contribution in [0.1, 0.15) is 42.4 Å². The number of piperidine rings is 1. The Balaban J connectivity index is 1.89. The molecule has 0 N–H and O–H groups in total. The highest BCUT2D eigenvalue weighted by Gasteiger charge is 2.27. The van der Waals surface area contributed by atoms with Crippen molar-refractivity contribution < 1.29 is 4.79 Å². The lowest BCUT2D eigenvalue weighted by Gasteiger charge is -2.32. The molecule has 2 heterocycles. The number of aromatic nitrogens is 3. The van der Waals surface area contributed by atoms with Gasteiger partial charge in [0.25, 0.3) is 5.91 Å². The van der Waals surface area contributed by atoms with Gasteiger partial charge in [-0.25, -0.2) is 0 Å². The number of benzene rings is 1. The number of para-hydroxylation sites is 1. The number of likely N-dealkylation sites (tertiary alicyclic amines) is 1. The first kappa shape index (κ1) is 13.8. The highest BCUT2D eigenvalue weighted by molar-refractivity contribution is 5.93. The van der Waals surface area contributed by atoms with Gasteiger partial charge in [-0.05, 0) is 45.2 Å². The third-order valence-corrected chi connectivity index (χ3v) is 4.04. The third kappa shape index (κ3) is 2.68. The standard InChI is InChI=1S/C16H20N4O/c1-12-8-6-7-11-19(12)16(21)15-13(2)17-20(18-15)14-9-4-3-5-10-14/h3-5,9-10,12H,6-8,11H2,1-2H3/t12-/m0/s1. The first-order valence-electron chi connectivity index (χ1n) is 7.47. The number of aryl methyl sites for hydroxylation is 1. The summed E-state index contributed by atoms with van der Waals surface area (Å²) in [5.41, 5.74) is 2.01. The number of rotatable bonds is 2. The summed E-state index contributed by atoms with van der Waals surface area (Å²) in [6.45, 7) is 4.76. The molecule has 1 aromatic carbocycles. The van der Waals surface area contributed by atoms with Crippen molar-refractivity contribution in [2.45, 2.75) is 39.2 Å². The minimum absolute atomic E-state index is 0.00174. The molecular formula is C16H20N4O. The molecule has 1 atom stereocenters. The van der Waals surface area contributed by atoms with Crippen molar-refractivity contribution in [3.05, 3.63) is 41.7 Å². The summed E-state index contributed by atoms with van der Waals surface area (Å²) in [6.07, 6.45) is 3.33. The Kier molecular flexibility index (Phi) is 3.73. The summed E-state index contributed by atoms with van der Waals surface area (Å²) in [5.74, 6) is 0.00174. The van der Waals surface area contributed by atoms with Crippen LogP contribution >= 0.6 is 0 Å². The quantitative estimate of drug-likeness (QED) is 0.851. The Morgan fingerprint density at radius 2 is 1.95 bits per heavy atom. The molecule has 3 rings (SSSR count). The molecule has 110 valence electrons. The second kappa shape index (κ2) is 5.68. The van der Waals surface area contributed by atoms with Gasteiger partial charge in [0.05, 0.1) is 11.4 Å². The van der Waals surface area contributed by atoms with Crippen molar-refractivity contribution in [1.29, 1.82) is 0 Å². The van der Waals surface area contributed by atoms with E-state index in [0.29, 0.717) is 11.4 Å². The monoisotopic (exact) mass is 284 g/mol. The molecule has 1 amide bonds. The Labute approximate surface area is 124 Å². The molecule has 1 aromatic heterocycles. The highest BCUT2D eigenvalue weighted by atomic mass is 16.2. The van der Waals surface area contributed by atoms with Crippen LogP contribution < -0.4 is 0 Å². The summed E-state index contributed by atoms with van der Waals surface area (Å²) in [7, 11) is 0. The minimum Gasteiger partial charge on any atom is -0.334 e. The molecule has 0 spiro atoms. The maximum absolute atomic E-state index is 12.7. The number of amides is 1. The van der Waals surface area contributed by atoms with Gasteiger partial charge in [-0.15, -0.1) is 5.10 Å². The lowest BCUT2D eigenvalue weighted by Crippen LogP contribution is -2.42. The Bertz CT molecular complexity index is 635. The van der Waals surface area contributed by atoms with Crippen LogP contribution in [0.2, 0.25) is 0 Å². The summed E-state index contributed by atoms with van der Waals surface area (Å²) in [5, 5.41) is 8.78. The summed E-state index contributed by atoms with van der Waals surface area (Å²) >= 11 is 0. The van der Waals surface area contributed by atoms with Crippen LogP contribution in [0.25, 0.3) is 5.69 Å². The van der Waals surface area contributed by atoms with Crippen LogP contribution in [-0.4, -0.2) is 38.4 Å². The van der Waals surface area contributed by atoms with Gasteiger partial charge in [0.1, 0.15) is 0 Å². The largest absolute Gasteiger partial charge is 0.334 e. The van der Waals surface area contributed by atoms with Gasteiger partial charge in [0.15, 0.2) is 5.69 Å². The van der Waals surface area contributed by atoms with E-state index in [4.69, 9.17) is 0 Å². The molecule has 0 unspecified atom stereocenters. The lowest BCUT2D eigenvalue weighted by atomic mass is 10.0. The minimum atomic E-state index is 0.00174. The van der Waals surface area contributed by atoms with E-state index < -0.39 is 0 Å². The molecule has 0 radical (unpaired) electrons. The molecule has 0 bridgehead atoms. The molecule has 1 aliphatic heterocycles. The smallest absolute Gasteiger partial charge is 0.276 e. The predicted molar refractivity (Wildman–Crippen MR) is 80.4 cm³/mol. The number of nitrogens with zero attached hydrogens (tertiary/aromatic N) is 4. The number of carbonyl (C=O) groups is 1. The van der Waals surface area contributed by atoms with E-state index in [1.54, 1.807) is 0 Å². The van der Waals surface area contributed by atoms with Crippen molar-refractivity contribution in [3.63, 3.8) is 0 Å². The van der Waals surface area contributed by atoms with Crippen LogP contribution in [0.4, 0.5) is 0 Å². The van der Waals surface area contributed by atoms with Gasteiger partial charge in [-0.3, -0.25) is 4.79 Å².